The number of carbonyl (C=O) groups excluding carboxylic acids is 1. The molecule has 3 rings (SSSR count). The van der Waals surface area contributed by atoms with Gasteiger partial charge in [-0.3, -0.25) is 10.00 Å². The first-order valence-electron chi connectivity index (χ1n) is 10.4. The van der Waals surface area contributed by atoms with Crippen LogP contribution in [0.25, 0.3) is 11.4 Å². The summed E-state index contributed by atoms with van der Waals surface area (Å²) in [6.07, 6.45) is 1.05. The lowest BCUT2D eigenvalue weighted by molar-refractivity contribution is 0.0635. The highest BCUT2D eigenvalue weighted by Gasteiger charge is 2.17. The fourth-order valence-electron chi connectivity index (χ4n) is 3.11. The molecule has 0 saturated carbocycles. The number of hydrogen-bond acceptors (Lipinski definition) is 8. The van der Waals surface area contributed by atoms with Crippen LogP contribution in [0.4, 0.5) is 16.3 Å². The van der Waals surface area contributed by atoms with Crippen LogP contribution in [-0.4, -0.2) is 38.6 Å². The summed E-state index contributed by atoms with van der Waals surface area (Å²) < 4.78 is 18.2. The molecular formula is C23H30N6O4. The quantitative estimate of drug-likeness (QED) is 0.516. The second kappa shape index (κ2) is 9.86. The van der Waals surface area contributed by atoms with Crippen LogP contribution in [0, 0.1) is 6.92 Å². The number of aryl methyl sites for hydroxylation is 2. The first-order valence-corrected chi connectivity index (χ1v) is 10.4. The summed E-state index contributed by atoms with van der Waals surface area (Å²) in [5, 5.41) is 6.99. The normalized spacial score (nSPS) is 11.3. The van der Waals surface area contributed by atoms with E-state index in [4.69, 9.17) is 19.9 Å². The van der Waals surface area contributed by atoms with E-state index in [9.17, 15) is 4.79 Å². The fourth-order valence-corrected chi connectivity index (χ4v) is 3.11. The van der Waals surface area contributed by atoms with Crippen molar-refractivity contribution in [2.24, 2.45) is 7.05 Å². The number of rotatable bonds is 7. The highest BCUT2D eigenvalue weighted by molar-refractivity contribution is 5.83. The summed E-state index contributed by atoms with van der Waals surface area (Å²) in [6.45, 7) is 7.87. The van der Waals surface area contributed by atoms with E-state index in [1.54, 1.807) is 58.1 Å². The molecule has 0 aliphatic heterocycles. The molecule has 33 heavy (non-hydrogen) atoms. The third kappa shape index (κ3) is 6.42. The fraction of sp³-hybridized carbons (Fsp3) is 0.391. The van der Waals surface area contributed by atoms with Crippen molar-refractivity contribution in [3.8, 4) is 17.1 Å². The Balaban J connectivity index is 1.70. The maximum absolute atomic E-state index is 12.0. The molecule has 1 amide bonds. The van der Waals surface area contributed by atoms with E-state index in [0.29, 0.717) is 40.9 Å². The number of benzene rings is 1. The van der Waals surface area contributed by atoms with Crippen LogP contribution in [0.15, 0.2) is 30.6 Å². The molecule has 0 aliphatic carbocycles. The van der Waals surface area contributed by atoms with E-state index in [2.05, 4.69) is 20.4 Å². The molecular weight excluding hydrogens is 424 g/mol. The lowest BCUT2D eigenvalue weighted by atomic mass is 10.1. The number of carbonyl (C=O) groups is 1. The minimum atomic E-state index is -0.593. The predicted octanol–water partition coefficient (Wildman–Crippen LogP) is 3.84. The molecule has 0 atom stereocenters. The molecule has 10 nitrogen and oxygen atoms in total. The number of anilines is 2. The molecule has 0 saturated heterocycles. The molecule has 3 aromatic rings. The first kappa shape index (κ1) is 24.0. The molecule has 0 spiro atoms. The van der Waals surface area contributed by atoms with Crippen molar-refractivity contribution in [1.29, 1.82) is 0 Å². The van der Waals surface area contributed by atoms with E-state index in [-0.39, 0.29) is 6.61 Å². The third-order valence-electron chi connectivity index (χ3n) is 4.56. The van der Waals surface area contributed by atoms with Gasteiger partial charge in [-0.2, -0.15) is 5.10 Å². The summed E-state index contributed by atoms with van der Waals surface area (Å²) in [4.78, 5) is 20.8. The van der Waals surface area contributed by atoms with Crippen LogP contribution in [0.5, 0.6) is 5.75 Å². The minimum absolute atomic E-state index is 0.249. The van der Waals surface area contributed by atoms with Crippen molar-refractivity contribution in [2.75, 3.05) is 18.2 Å². The van der Waals surface area contributed by atoms with E-state index in [1.165, 1.54) is 0 Å². The lowest BCUT2D eigenvalue weighted by Gasteiger charge is -2.19. The third-order valence-corrected chi connectivity index (χ3v) is 4.56. The van der Waals surface area contributed by atoms with Gasteiger partial charge in [-0.1, -0.05) is 6.07 Å². The van der Waals surface area contributed by atoms with E-state index in [1.807, 2.05) is 19.1 Å². The smallest absolute Gasteiger partial charge is 0.413 e. The Morgan fingerprint density at radius 1 is 1.21 bits per heavy atom. The molecule has 2 aromatic heterocycles. The highest BCUT2D eigenvalue weighted by atomic mass is 16.6. The Bertz CT molecular complexity index is 1140. The van der Waals surface area contributed by atoms with Crippen molar-refractivity contribution in [3.63, 3.8) is 0 Å². The topological polar surface area (TPSA) is 126 Å². The number of aromatic nitrogens is 4. The van der Waals surface area contributed by atoms with Gasteiger partial charge in [-0.15, -0.1) is 0 Å². The Morgan fingerprint density at radius 2 is 1.97 bits per heavy atom. The molecule has 0 bridgehead atoms. The number of nitrogen functional groups attached to an aromatic ring is 1. The van der Waals surface area contributed by atoms with Crippen molar-refractivity contribution in [2.45, 2.75) is 46.5 Å². The van der Waals surface area contributed by atoms with Crippen LogP contribution in [0.3, 0.4) is 0 Å². The number of nitrogens with one attached hydrogen (secondary N) is 1. The zero-order valence-electron chi connectivity index (χ0n) is 19.8. The highest BCUT2D eigenvalue weighted by Crippen LogP contribution is 2.34. The molecule has 10 heteroatoms. The maximum atomic E-state index is 12.0. The molecule has 3 N–H and O–H groups in total. The molecule has 176 valence electrons. The van der Waals surface area contributed by atoms with Crippen LogP contribution < -0.4 is 15.8 Å². The molecule has 0 aliphatic rings. The van der Waals surface area contributed by atoms with Crippen LogP contribution in [-0.2, 0) is 29.7 Å². The summed E-state index contributed by atoms with van der Waals surface area (Å²) >= 11 is 0. The number of amides is 1. The Morgan fingerprint density at radius 3 is 2.61 bits per heavy atom. The van der Waals surface area contributed by atoms with E-state index in [0.717, 1.165) is 11.1 Å². The first-order chi connectivity index (χ1) is 15.6. The van der Waals surface area contributed by atoms with Gasteiger partial charge < -0.3 is 19.9 Å². The van der Waals surface area contributed by atoms with E-state index < -0.39 is 11.7 Å². The molecule has 0 radical (unpaired) electrons. The minimum Gasteiger partial charge on any atom is -0.494 e. The Hall–Kier alpha value is -3.66. The van der Waals surface area contributed by atoms with Crippen molar-refractivity contribution >= 4 is 17.6 Å². The van der Waals surface area contributed by atoms with Crippen molar-refractivity contribution in [3.05, 3.63) is 47.4 Å². The SMILES string of the molecule is COc1c(N)cc(COCc2nc(NC(=O)OC(C)(C)C)ccc2C)cc1-c1ncn(C)n1. The lowest BCUT2D eigenvalue weighted by Crippen LogP contribution is -2.27. The molecule has 0 fully saturated rings. The zero-order valence-corrected chi connectivity index (χ0v) is 19.8. The van der Waals surface area contributed by atoms with Gasteiger partial charge in [0.2, 0.25) is 0 Å². The average Bonchev–Trinajstić information content (AvgIpc) is 3.14. The number of ether oxygens (including phenoxy) is 3. The van der Waals surface area contributed by atoms with Gasteiger partial charge in [0.15, 0.2) is 11.6 Å². The van der Waals surface area contributed by atoms with Crippen molar-refractivity contribution < 1.29 is 19.0 Å². The summed E-state index contributed by atoms with van der Waals surface area (Å²) in [7, 11) is 3.35. The molecule has 1 aromatic carbocycles. The van der Waals surface area contributed by atoms with Crippen molar-refractivity contribution in [1.82, 2.24) is 19.7 Å². The number of nitrogens with two attached hydrogens (primary N) is 1. The Labute approximate surface area is 193 Å². The summed E-state index contributed by atoms with van der Waals surface area (Å²) in [5.41, 5.74) is 9.25. The van der Waals surface area contributed by atoms with Gasteiger partial charge in [0.25, 0.3) is 0 Å². The molecule has 0 unspecified atom stereocenters. The van der Waals surface area contributed by atoms with E-state index >= 15 is 0 Å². The van der Waals surface area contributed by atoms with Crippen LogP contribution in [0.1, 0.15) is 37.6 Å². The van der Waals surface area contributed by atoms with Gasteiger partial charge in [-0.25, -0.2) is 14.8 Å². The predicted molar refractivity (Wildman–Crippen MR) is 125 cm³/mol. The van der Waals surface area contributed by atoms with Gasteiger partial charge in [-0.05, 0) is 57.0 Å². The number of pyridine rings is 1. The van der Waals surface area contributed by atoms with Gasteiger partial charge in [0.1, 0.15) is 17.7 Å². The number of hydrogen-bond donors (Lipinski definition) is 2. The van der Waals surface area contributed by atoms with Gasteiger partial charge in [0.05, 0.1) is 37.3 Å². The summed E-state index contributed by atoms with van der Waals surface area (Å²) in [5.74, 6) is 1.43. The van der Waals surface area contributed by atoms with Gasteiger partial charge in [0, 0.05) is 7.05 Å². The monoisotopic (exact) mass is 454 g/mol. The second-order valence-corrected chi connectivity index (χ2v) is 8.59. The van der Waals surface area contributed by atoms with Gasteiger partial charge >= 0.3 is 6.09 Å². The standard InChI is InChI=1S/C23H30N6O4/c1-14-7-8-19(27-22(30)33-23(2,3)4)26-18(14)12-32-11-15-9-16(20(31-6)17(24)10-15)21-25-13-29(5)28-21/h7-10,13H,11-12,24H2,1-6H3,(H,26,27,30). The molecule has 2 heterocycles. The Kier molecular flexibility index (Phi) is 7.17. The number of nitrogens with zero attached hydrogens (tertiary/aromatic N) is 4. The van der Waals surface area contributed by atoms with Crippen LogP contribution >= 0.6 is 0 Å². The summed E-state index contributed by atoms with van der Waals surface area (Å²) in [6, 6.07) is 7.28. The second-order valence-electron chi connectivity index (χ2n) is 8.59. The average molecular weight is 455 g/mol. The van der Waals surface area contributed by atoms with Crippen LogP contribution in [0.2, 0.25) is 0 Å². The zero-order chi connectivity index (χ0) is 24.2. The maximum Gasteiger partial charge on any atom is 0.413 e. The number of methoxy groups -OCH3 is 1. The largest absolute Gasteiger partial charge is 0.494 e.